The fraction of sp³-hybridized carbons (Fsp3) is 0.280. The smallest absolute Gasteiger partial charge is 0.316 e. The lowest BCUT2D eigenvalue weighted by atomic mass is 9.87. The molecule has 0 aliphatic carbocycles. The molecule has 3 rings (SSSR count). The Labute approximate surface area is 202 Å². The van der Waals surface area contributed by atoms with Crippen LogP contribution in [0.25, 0.3) is 0 Å². The Balaban J connectivity index is 1.91. The molecule has 2 aromatic carbocycles. The van der Waals surface area contributed by atoms with Crippen molar-refractivity contribution in [3.63, 3.8) is 0 Å². The van der Waals surface area contributed by atoms with Crippen molar-refractivity contribution in [2.75, 3.05) is 0 Å². The molecule has 2 N–H and O–H groups in total. The van der Waals surface area contributed by atoms with Gasteiger partial charge in [-0.25, -0.2) is 0 Å². The number of hydrogen-bond donors (Lipinski definition) is 1. The van der Waals surface area contributed by atoms with Crippen molar-refractivity contribution in [3.05, 3.63) is 108 Å². The lowest BCUT2D eigenvalue weighted by molar-refractivity contribution is 0.100. The lowest BCUT2D eigenvalue weighted by Gasteiger charge is -2.28. The van der Waals surface area contributed by atoms with Gasteiger partial charge in [-0.05, 0) is 54.7 Å². The highest BCUT2D eigenvalue weighted by atomic mass is 35.5. The number of aromatic nitrogens is 1. The van der Waals surface area contributed by atoms with Gasteiger partial charge in [0.05, 0.1) is 5.02 Å². The van der Waals surface area contributed by atoms with Gasteiger partial charge in [-0.3, -0.25) is 9.59 Å². The van der Waals surface area contributed by atoms with Crippen molar-refractivity contribution in [3.8, 4) is 0 Å². The Bertz CT molecular complexity index is 1230. The van der Waals surface area contributed by atoms with Crippen molar-refractivity contribution < 1.29 is 4.79 Å². The van der Waals surface area contributed by atoms with Gasteiger partial charge in [0.15, 0.2) is 0 Å². The highest BCUT2D eigenvalue weighted by molar-refractivity contribution is 6.34. The maximum Gasteiger partial charge on any atom is 0.316 e. The maximum atomic E-state index is 12.9. The van der Waals surface area contributed by atoms with Crippen molar-refractivity contribution in [1.29, 1.82) is 0 Å². The van der Waals surface area contributed by atoms with E-state index >= 15 is 0 Å². The molecule has 0 bridgehead atoms. The molecule has 1 atom stereocenters. The summed E-state index contributed by atoms with van der Waals surface area (Å²) in [5.41, 5.74) is 9.43. The van der Waals surface area contributed by atoms with Crippen LogP contribution in [0.3, 0.4) is 0 Å². The third kappa shape index (κ3) is 5.77. The number of hydrogen-bond acceptors (Lipinski definition) is 4. The molecule has 0 aliphatic heterocycles. The second kappa shape index (κ2) is 10.4. The molecule has 1 heterocycles. The van der Waals surface area contributed by atoms with Gasteiger partial charge >= 0.3 is 5.91 Å². The molecule has 1 aromatic heterocycles. The van der Waals surface area contributed by atoms with E-state index in [1.54, 1.807) is 16.7 Å². The van der Waals surface area contributed by atoms with Crippen LogP contribution in [0.2, 0.25) is 10.0 Å². The molecule has 1 unspecified atom stereocenters. The Morgan fingerprint density at radius 3 is 2.39 bits per heavy atom. The average Bonchev–Trinajstić information content (AvgIpc) is 2.82. The van der Waals surface area contributed by atoms with E-state index in [0.29, 0.717) is 30.1 Å². The number of carbonyl (C=O) groups excluding carboxylic acids is 1. The van der Waals surface area contributed by atoms with Crippen LogP contribution in [-0.4, -0.2) is 10.5 Å². The second-order valence-electron chi connectivity index (χ2n) is 8.24. The maximum absolute atomic E-state index is 12.9. The molecule has 6 nitrogen and oxygen atoms in total. The summed E-state index contributed by atoms with van der Waals surface area (Å²) in [6.45, 7) is 4.32. The van der Waals surface area contributed by atoms with Crippen molar-refractivity contribution in [1.82, 2.24) is 4.57 Å². The summed E-state index contributed by atoms with van der Waals surface area (Å²) >= 11 is 12.7. The van der Waals surface area contributed by atoms with Gasteiger partial charge in [0.25, 0.3) is 5.56 Å². The Hall–Kier alpha value is -2.80. The zero-order valence-electron chi connectivity index (χ0n) is 18.5. The van der Waals surface area contributed by atoms with E-state index in [4.69, 9.17) is 28.9 Å². The molecule has 8 heteroatoms. The summed E-state index contributed by atoms with van der Waals surface area (Å²) in [4.78, 5) is 34.7. The summed E-state index contributed by atoms with van der Waals surface area (Å²) in [6, 6.07) is 16.0. The van der Waals surface area contributed by atoms with Gasteiger partial charge in [-0.15, -0.1) is 4.91 Å². The van der Waals surface area contributed by atoms with Crippen LogP contribution >= 0.6 is 23.2 Å². The van der Waals surface area contributed by atoms with Gasteiger partial charge in [0.1, 0.15) is 5.02 Å². The minimum Gasteiger partial charge on any atom is -0.321 e. The molecule has 1 amide bonds. The lowest BCUT2D eigenvalue weighted by Crippen LogP contribution is -2.38. The Morgan fingerprint density at radius 2 is 1.76 bits per heavy atom. The predicted octanol–water partition coefficient (Wildman–Crippen LogP) is 5.28. The zero-order chi connectivity index (χ0) is 24.2. The number of nitrogens with zero attached hydrogens (tertiary/aromatic N) is 2. The highest BCUT2D eigenvalue weighted by Gasteiger charge is 2.26. The second-order valence-corrected chi connectivity index (χ2v) is 9.05. The minimum absolute atomic E-state index is 0.0356. The fourth-order valence-electron chi connectivity index (χ4n) is 3.76. The van der Waals surface area contributed by atoms with E-state index in [0.717, 1.165) is 17.5 Å². The van der Waals surface area contributed by atoms with E-state index in [2.05, 4.69) is 24.2 Å². The van der Waals surface area contributed by atoms with E-state index in [9.17, 15) is 14.5 Å². The van der Waals surface area contributed by atoms with E-state index in [1.165, 1.54) is 23.8 Å². The number of halogens is 2. The number of nitroso groups, excluding NO2 is 1. The highest BCUT2D eigenvalue weighted by Crippen LogP contribution is 2.28. The summed E-state index contributed by atoms with van der Waals surface area (Å²) in [5, 5.41) is 2.83. The van der Waals surface area contributed by atoms with Crippen molar-refractivity contribution >= 4 is 29.1 Å². The molecule has 33 heavy (non-hydrogen) atoms. The van der Waals surface area contributed by atoms with E-state index in [1.807, 2.05) is 19.1 Å². The summed E-state index contributed by atoms with van der Waals surface area (Å²) in [7, 11) is 0. The monoisotopic (exact) mass is 485 g/mol. The standard InChI is InChI=1S/C25H25Cl2N3O3/c1-3-16-5-4-6-19(13-16)25(2,28)15-22-20(26)14-21(27)24(32)30(22)12-11-17-7-9-18(10-8-17)23(31)29-33/h4-10,13-14H,3,11-12,15,28H2,1-2H3. The van der Waals surface area contributed by atoms with E-state index < -0.39 is 11.4 Å². The Kier molecular flexibility index (Phi) is 7.84. The summed E-state index contributed by atoms with van der Waals surface area (Å²) in [6.07, 6.45) is 1.71. The van der Waals surface area contributed by atoms with Crippen molar-refractivity contribution in [2.45, 2.75) is 45.2 Å². The number of aryl methyl sites for hydroxylation is 2. The third-order valence-corrected chi connectivity index (χ3v) is 6.34. The van der Waals surface area contributed by atoms with Crippen LogP contribution in [-0.2, 0) is 31.3 Å². The number of rotatable bonds is 8. The number of nitrogens with two attached hydrogens (primary N) is 1. The largest absolute Gasteiger partial charge is 0.321 e. The molecular formula is C25H25Cl2N3O3. The molecule has 0 aliphatic rings. The van der Waals surface area contributed by atoms with E-state index in [-0.39, 0.29) is 16.1 Å². The molecule has 0 saturated carbocycles. The van der Waals surface area contributed by atoms with Crippen LogP contribution in [0.1, 0.15) is 46.6 Å². The first-order valence-electron chi connectivity index (χ1n) is 10.6. The van der Waals surface area contributed by atoms with Gasteiger partial charge in [-0.2, -0.15) is 0 Å². The van der Waals surface area contributed by atoms with Crippen LogP contribution < -0.4 is 11.3 Å². The minimum atomic E-state index is -0.823. The fourth-order valence-corrected chi connectivity index (χ4v) is 4.30. The van der Waals surface area contributed by atoms with Crippen LogP contribution in [0.4, 0.5) is 0 Å². The number of pyridine rings is 1. The topological polar surface area (TPSA) is 94.5 Å². The Morgan fingerprint density at radius 1 is 1.06 bits per heavy atom. The molecule has 0 radical (unpaired) electrons. The van der Waals surface area contributed by atoms with Crippen LogP contribution in [0.15, 0.2) is 64.6 Å². The molecule has 172 valence electrons. The first kappa shape index (κ1) is 24.8. The van der Waals surface area contributed by atoms with Gasteiger partial charge in [0, 0.05) is 34.9 Å². The molecular weight excluding hydrogens is 461 g/mol. The SMILES string of the molecule is CCc1cccc(C(C)(N)Cc2c(Cl)cc(Cl)c(=O)n2CCc2ccc(C(=O)N=O)cc2)c1. The quantitative estimate of drug-likeness (QED) is 0.438. The number of amides is 1. The van der Waals surface area contributed by atoms with Gasteiger partial charge in [-0.1, -0.05) is 66.5 Å². The first-order chi connectivity index (χ1) is 15.7. The van der Waals surface area contributed by atoms with Crippen molar-refractivity contribution in [2.24, 2.45) is 10.9 Å². The van der Waals surface area contributed by atoms with Gasteiger partial charge in [0.2, 0.25) is 0 Å². The van der Waals surface area contributed by atoms with Crippen LogP contribution in [0, 0.1) is 4.91 Å². The molecule has 0 fully saturated rings. The average molecular weight is 486 g/mol. The number of carbonyl (C=O) groups is 1. The summed E-state index contributed by atoms with van der Waals surface area (Å²) < 4.78 is 1.56. The normalized spacial score (nSPS) is 12.9. The summed E-state index contributed by atoms with van der Waals surface area (Å²) in [5.74, 6) is -0.823. The molecule has 0 saturated heterocycles. The first-order valence-corrected chi connectivity index (χ1v) is 11.3. The molecule has 0 spiro atoms. The molecule has 3 aromatic rings. The third-order valence-electron chi connectivity index (χ3n) is 5.74. The van der Waals surface area contributed by atoms with Gasteiger partial charge < -0.3 is 10.3 Å². The van der Waals surface area contributed by atoms with Crippen LogP contribution in [0.5, 0.6) is 0 Å². The predicted molar refractivity (Wildman–Crippen MR) is 132 cm³/mol. The zero-order valence-corrected chi connectivity index (χ0v) is 20.0. The number of benzene rings is 2.